The molecule has 5 rings (SSSR count). The summed E-state index contributed by atoms with van der Waals surface area (Å²) in [6.07, 6.45) is 4.37. The normalized spacial score (nSPS) is 19.1. The van der Waals surface area contributed by atoms with E-state index in [9.17, 15) is 14.7 Å². The van der Waals surface area contributed by atoms with Gasteiger partial charge in [-0.25, -0.2) is 4.99 Å². The summed E-state index contributed by atoms with van der Waals surface area (Å²) in [4.78, 5) is 33.8. The average molecular weight is 524 g/mol. The van der Waals surface area contributed by atoms with Gasteiger partial charge in [0.05, 0.1) is 23.4 Å². The topological polar surface area (TPSA) is 82.0 Å². The zero-order valence-corrected chi connectivity index (χ0v) is 22.5. The Morgan fingerprint density at radius 2 is 1.62 bits per heavy atom. The molecule has 6 heteroatoms. The molecule has 202 valence electrons. The first-order valence-corrected chi connectivity index (χ1v) is 14.0. The number of carbonyl (C=O) groups excluding carboxylic acids is 2. The lowest BCUT2D eigenvalue weighted by molar-refractivity contribution is -0.133. The van der Waals surface area contributed by atoms with E-state index in [2.05, 4.69) is 5.32 Å². The Bertz CT molecular complexity index is 1300. The van der Waals surface area contributed by atoms with E-state index in [1.165, 1.54) is 0 Å². The van der Waals surface area contributed by atoms with Gasteiger partial charge in [0.15, 0.2) is 0 Å². The highest BCUT2D eigenvalue weighted by atomic mass is 16.3. The van der Waals surface area contributed by atoms with Crippen molar-refractivity contribution in [2.45, 2.75) is 57.2 Å². The maximum atomic E-state index is 13.8. The molecule has 0 radical (unpaired) electrons. The number of fused-ring (bicyclic) bond motifs is 1. The first-order chi connectivity index (χ1) is 19.0. The minimum atomic E-state index is -1.09. The van der Waals surface area contributed by atoms with Crippen LogP contribution in [0.1, 0.15) is 55.2 Å². The smallest absolute Gasteiger partial charge is 0.272 e. The summed E-state index contributed by atoms with van der Waals surface area (Å²) in [6.45, 7) is 0. The standard InChI is InChI=1S/C33H37N3O3/c1-36-28-19-11-10-18-26(28)30(25-16-6-3-7-17-25)34-31(33(36)39)35-32(38)27(22-24-14-8-9-15-24)29(37)21-20-23-12-4-2-5-13-23/h2-7,10-13,16-19,24,27,29,31,37H,8-9,14-15,20-22H2,1H3,(H,35,38)/t27-,29-,31?/m0/s1. The third-order valence-electron chi connectivity index (χ3n) is 8.10. The van der Waals surface area contributed by atoms with E-state index in [0.717, 1.165) is 48.1 Å². The molecule has 6 nitrogen and oxygen atoms in total. The van der Waals surface area contributed by atoms with Crippen molar-refractivity contribution in [2.75, 3.05) is 11.9 Å². The molecule has 3 atom stereocenters. The lowest BCUT2D eigenvalue weighted by Gasteiger charge is -2.27. The molecule has 1 fully saturated rings. The van der Waals surface area contributed by atoms with Gasteiger partial charge in [-0.05, 0) is 36.8 Å². The summed E-state index contributed by atoms with van der Waals surface area (Å²) >= 11 is 0. The molecule has 39 heavy (non-hydrogen) atoms. The molecule has 3 aromatic rings. The summed E-state index contributed by atoms with van der Waals surface area (Å²) < 4.78 is 0. The van der Waals surface area contributed by atoms with Gasteiger partial charge in [-0.3, -0.25) is 9.59 Å². The second-order valence-corrected chi connectivity index (χ2v) is 10.8. The average Bonchev–Trinajstić information content (AvgIpc) is 3.47. The molecule has 0 aromatic heterocycles. The van der Waals surface area contributed by atoms with Crippen LogP contribution in [-0.4, -0.2) is 41.9 Å². The van der Waals surface area contributed by atoms with Gasteiger partial charge in [-0.2, -0.15) is 0 Å². The molecule has 1 aliphatic heterocycles. The number of hydrogen-bond acceptors (Lipinski definition) is 4. The van der Waals surface area contributed by atoms with Gasteiger partial charge in [0, 0.05) is 18.2 Å². The number of aliphatic hydroxyl groups is 1. The minimum Gasteiger partial charge on any atom is -0.392 e. The number of likely N-dealkylation sites (N-methyl/N-ethyl adjacent to an activating group) is 1. The van der Waals surface area contributed by atoms with E-state index >= 15 is 0 Å². The number of nitrogens with zero attached hydrogens (tertiary/aromatic N) is 2. The molecule has 0 bridgehead atoms. The number of anilines is 1. The monoisotopic (exact) mass is 523 g/mol. The number of nitrogens with one attached hydrogen (secondary N) is 1. The molecular formula is C33H37N3O3. The van der Waals surface area contributed by atoms with Gasteiger partial charge in [0.2, 0.25) is 12.1 Å². The van der Waals surface area contributed by atoms with Crippen LogP contribution in [0.4, 0.5) is 5.69 Å². The number of hydrogen-bond donors (Lipinski definition) is 2. The molecule has 2 N–H and O–H groups in total. The van der Waals surface area contributed by atoms with Crippen molar-refractivity contribution in [1.82, 2.24) is 5.32 Å². The molecule has 2 aliphatic rings. The fourth-order valence-corrected chi connectivity index (χ4v) is 5.89. The van der Waals surface area contributed by atoms with Crippen LogP contribution >= 0.6 is 0 Å². The van der Waals surface area contributed by atoms with E-state index in [1.807, 2.05) is 84.9 Å². The van der Waals surface area contributed by atoms with Gasteiger partial charge < -0.3 is 15.3 Å². The van der Waals surface area contributed by atoms with Crippen LogP contribution in [0.15, 0.2) is 89.9 Å². The molecular weight excluding hydrogens is 486 g/mol. The minimum absolute atomic E-state index is 0.305. The number of aliphatic imine (C=N–C) groups is 1. The van der Waals surface area contributed by atoms with Crippen molar-refractivity contribution in [2.24, 2.45) is 16.8 Å². The summed E-state index contributed by atoms with van der Waals surface area (Å²) in [5, 5.41) is 14.2. The number of carbonyl (C=O) groups is 2. The van der Waals surface area contributed by atoms with Gasteiger partial charge in [0.25, 0.3) is 5.91 Å². The lowest BCUT2D eigenvalue weighted by Crippen LogP contribution is -2.49. The number of amides is 2. The Hall–Kier alpha value is -3.77. The SMILES string of the molecule is CN1C(=O)C(NC(=O)[C@@H](CC2CCCC2)[C@@H](O)CCc2ccccc2)N=C(c2ccccc2)c2ccccc21. The second kappa shape index (κ2) is 12.4. The molecule has 1 saturated carbocycles. The largest absolute Gasteiger partial charge is 0.392 e. The Balaban J connectivity index is 1.41. The number of benzene rings is 3. The highest BCUT2D eigenvalue weighted by Gasteiger charge is 2.36. The second-order valence-electron chi connectivity index (χ2n) is 10.8. The van der Waals surface area contributed by atoms with Crippen molar-refractivity contribution >= 4 is 23.2 Å². The predicted molar refractivity (Wildman–Crippen MR) is 155 cm³/mol. The first-order valence-electron chi connectivity index (χ1n) is 14.0. The van der Waals surface area contributed by atoms with E-state index in [4.69, 9.17) is 4.99 Å². The molecule has 1 unspecified atom stereocenters. The molecule has 0 spiro atoms. The first kappa shape index (κ1) is 26.8. The van der Waals surface area contributed by atoms with Gasteiger partial charge in [0.1, 0.15) is 0 Å². The van der Waals surface area contributed by atoms with Crippen LogP contribution in [0, 0.1) is 11.8 Å². The Morgan fingerprint density at radius 3 is 2.33 bits per heavy atom. The van der Waals surface area contributed by atoms with E-state index in [-0.39, 0.29) is 11.8 Å². The van der Waals surface area contributed by atoms with Crippen molar-refractivity contribution in [1.29, 1.82) is 0 Å². The zero-order valence-electron chi connectivity index (χ0n) is 22.5. The van der Waals surface area contributed by atoms with E-state index in [0.29, 0.717) is 30.9 Å². The Labute approximate surface area is 230 Å². The molecule has 1 heterocycles. The Kier molecular flexibility index (Phi) is 8.52. The van der Waals surface area contributed by atoms with Gasteiger partial charge in [-0.15, -0.1) is 0 Å². The van der Waals surface area contributed by atoms with Crippen LogP contribution in [0.3, 0.4) is 0 Å². The van der Waals surface area contributed by atoms with E-state index in [1.54, 1.807) is 11.9 Å². The highest BCUT2D eigenvalue weighted by molar-refractivity contribution is 6.20. The van der Waals surface area contributed by atoms with Crippen molar-refractivity contribution in [3.63, 3.8) is 0 Å². The summed E-state index contributed by atoms with van der Waals surface area (Å²) in [5.74, 6) is -0.806. The van der Waals surface area contributed by atoms with Gasteiger partial charge >= 0.3 is 0 Å². The molecule has 1 aliphatic carbocycles. The molecule has 3 aromatic carbocycles. The molecule has 2 amide bonds. The number of para-hydroxylation sites is 1. The van der Waals surface area contributed by atoms with Crippen molar-refractivity contribution in [3.05, 3.63) is 102 Å². The third kappa shape index (κ3) is 6.28. The third-order valence-corrected chi connectivity index (χ3v) is 8.10. The summed E-state index contributed by atoms with van der Waals surface area (Å²) in [7, 11) is 1.72. The zero-order chi connectivity index (χ0) is 27.2. The summed E-state index contributed by atoms with van der Waals surface area (Å²) in [6, 6.07) is 27.4. The van der Waals surface area contributed by atoms with E-state index < -0.39 is 18.2 Å². The number of aliphatic hydroxyl groups excluding tert-OH is 1. The fraction of sp³-hybridized carbons (Fsp3) is 0.364. The van der Waals surface area contributed by atoms with Crippen molar-refractivity contribution in [3.8, 4) is 0 Å². The van der Waals surface area contributed by atoms with Gasteiger partial charge in [-0.1, -0.05) is 105 Å². The highest BCUT2D eigenvalue weighted by Crippen LogP contribution is 2.33. The quantitative estimate of drug-likeness (QED) is 0.408. The predicted octanol–water partition coefficient (Wildman–Crippen LogP) is 5.13. The molecule has 0 saturated heterocycles. The maximum absolute atomic E-state index is 13.8. The van der Waals surface area contributed by atoms with Crippen LogP contribution in [0.5, 0.6) is 0 Å². The summed E-state index contributed by atoms with van der Waals surface area (Å²) in [5.41, 5.74) is 4.24. The van der Waals surface area contributed by atoms with Crippen LogP contribution in [0.2, 0.25) is 0 Å². The lowest BCUT2D eigenvalue weighted by atomic mass is 9.86. The maximum Gasteiger partial charge on any atom is 0.272 e. The Morgan fingerprint density at radius 1 is 0.974 bits per heavy atom. The number of benzodiazepines with no additional fused rings is 1. The van der Waals surface area contributed by atoms with Crippen molar-refractivity contribution < 1.29 is 14.7 Å². The van der Waals surface area contributed by atoms with Crippen LogP contribution < -0.4 is 10.2 Å². The van der Waals surface area contributed by atoms with Crippen LogP contribution in [-0.2, 0) is 16.0 Å². The number of rotatable bonds is 9. The van der Waals surface area contributed by atoms with Crippen LogP contribution in [0.25, 0.3) is 0 Å². The fourth-order valence-electron chi connectivity index (χ4n) is 5.89. The number of aryl methyl sites for hydroxylation is 1.